The van der Waals surface area contributed by atoms with Gasteiger partial charge in [-0.05, 0) is 44.7 Å². The number of nitrogens with zero attached hydrogens (tertiary/aromatic N) is 3. The van der Waals surface area contributed by atoms with Crippen LogP contribution in [0.15, 0.2) is 12.4 Å². The fraction of sp³-hybridized carbons (Fsp3) is 0.786. The largest absolute Gasteiger partial charge is 0.311 e. The van der Waals surface area contributed by atoms with Crippen LogP contribution in [0.1, 0.15) is 31.2 Å². The third kappa shape index (κ3) is 2.59. The quantitative estimate of drug-likeness (QED) is 0.868. The average molecular weight is 248 g/mol. The molecule has 1 N–H and O–H groups in total. The molecule has 4 nitrogen and oxygen atoms in total. The predicted molar refractivity (Wildman–Crippen MR) is 72.5 cm³/mol. The average Bonchev–Trinajstić information content (AvgIpc) is 2.92. The lowest BCUT2D eigenvalue weighted by atomic mass is 9.98. The molecule has 100 valence electrons. The highest BCUT2D eigenvalue weighted by atomic mass is 15.2. The number of nitrogens with one attached hydrogen (secondary N) is 1. The summed E-state index contributed by atoms with van der Waals surface area (Å²) in [7, 11) is 4.27. The summed E-state index contributed by atoms with van der Waals surface area (Å²) in [5, 5.41) is 7.94. The lowest BCUT2D eigenvalue weighted by Gasteiger charge is -2.35. The van der Waals surface area contributed by atoms with E-state index in [1.807, 2.05) is 17.9 Å². The summed E-state index contributed by atoms with van der Waals surface area (Å²) in [6.07, 6.45) is 10.7. The molecule has 3 rings (SSSR count). The van der Waals surface area contributed by atoms with Crippen molar-refractivity contribution in [2.75, 3.05) is 13.6 Å². The van der Waals surface area contributed by atoms with Gasteiger partial charge in [0, 0.05) is 37.9 Å². The van der Waals surface area contributed by atoms with Gasteiger partial charge in [-0.25, -0.2) is 0 Å². The molecule has 2 aliphatic heterocycles. The third-order valence-electron chi connectivity index (χ3n) is 4.58. The van der Waals surface area contributed by atoms with E-state index in [-0.39, 0.29) is 0 Å². The van der Waals surface area contributed by atoms with Crippen LogP contribution in [0.5, 0.6) is 0 Å². The maximum Gasteiger partial charge on any atom is 0.0522 e. The molecule has 1 aromatic heterocycles. The van der Waals surface area contributed by atoms with Crippen molar-refractivity contribution in [2.45, 2.75) is 50.2 Å². The zero-order valence-corrected chi connectivity index (χ0v) is 11.5. The van der Waals surface area contributed by atoms with Crippen LogP contribution in [0.3, 0.4) is 0 Å². The number of aromatic nitrogens is 2. The van der Waals surface area contributed by atoms with Crippen molar-refractivity contribution in [3.05, 3.63) is 18.0 Å². The third-order valence-corrected chi connectivity index (χ3v) is 4.58. The van der Waals surface area contributed by atoms with Crippen molar-refractivity contribution in [3.63, 3.8) is 0 Å². The van der Waals surface area contributed by atoms with Gasteiger partial charge in [-0.2, -0.15) is 5.10 Å². The molecule has 2 saturated heterocycles. The van der Waals surface area contributed by atoms with Crippen LogP contribution in [0.4, 0.5) is 0 Å². The minimum atomic E-state index is 0.778. The van der Waals surface area contributed by atoms with Crippen molar-refractivity contribution < 1.29 is 0 Å². The molecule has 0 spiro atoms. The summed E-state index contributed by atoms with van der Waals surface area (Å²) in [4.78, 5) is 2.55. The van der Waals surface area contributed by atoms with Crippen molar-refractivity contribution in [2.24, 2.45) is 7.05 Å². The molecule has 0 amide bonds. The molecular formula is C14H24N4. The first-order chi connectivity index (χ1) is 8.70. The van der Waals surface area contributed by atoms with Crippen molar-refractivity contribution in [1.82, 2.24) is 20.0 Å². The summed E-state index contributed by atoms with van der Waals surface area (Å²) < 4.78 is 1.89. The molecule has 0 aromatic carbocycles. The molecule has 2 aliphatic rings. The van der Waals surface area contributed by atoms with E-state index in [0.717, 1.165) is 31.1 Å². The second-order valence-electron chi connectivity index (χ2n) is 6.02. The molecule has 3 heterocycles. The van der Waals surface area contributed by atoms with Gasteiger partial charge in [0.1, 0.15) is 0 Å². The minimum Gasteiger partial charge on any atom is -0.311 e. The van der Waals surface area contributed by atoms with Gasteiger partial charge in [0.25, 0.3) is 0 Å². The molecule has 18 heavy (non-hydrogen) atoms. The molecule has 2 atom stereocenters. The standard InChI is InChI=1S/C14H24N4/c1-17(6-5-11-9-15-18(2)10-11)14-7-12-3-4-13(8-14)16-12/h9-10,12-14,16H,3-8H2,1-2H3. The smallest absolute Gasteiger partial charge is 0.0522 e. The SMILES string of the molecule is CN(CCc1cnn(C)c1)C1CC2CCC(C1)N2. The van der Waals surface area contributed by atoms with Crippen LogP contribution < -0.4 is 5.32 Å². The summed E-state index contributed by atoms with van der Waals surface area (Å²) in [5.74, 6) is 0. The molecule has 1 aromatic rings. The molecule has 2 fully saturated rings. The molecule has 0 aliphatic carbocycles. The number of hydrogen-bond acceptors (Lipinski definition) is 3. The Morgan fingerprint density at radius 1 is 1.39 bits per heavy atom. The molecule has 2 bridgehead atoms. The fourth-order valence-corrected chi connectivity index (χ4v) is 3.48. The lowest BCUT2D eigenvalue weighted by molar-refractivity contribution is 0.174. The van der Waals surface area contributed by atoms with E-state index in [9.17, 15) is 0 Å². The van der Waals surface area contributed by atoms with Gasteiger partial charge in [-0.3, -0.25) is 4.68 Å². The van der Waals surface area contributed by atoms with E-state index in [1.165, 1.54) is 31.2 Å². The Hall–Kier alpha value is -0.870. The van der Waals surface area contributed by atoms with Crippen molar-refractivity contribution >= 4 is 0 Å². The number of fused-ring (bicyclic) bond motifs is 2. The van der Waals surface area contributed by atoms with Crippen LogP contribution in [0.2, 0.25) is 0 Å². The summed E-state index contributed by atoms with van der Waals surface area (Å²) in [6, 6.07) is 2.35. The van der Waals surface area contributed by atoms with Gasteiger partial charge >= 0.3 is 0 Å². The van der Waals surface area contributed by atoms with Crippen LogP contribution in [-0.2, 0) is 13.5 Å². The van der Waals surface area contributed by atoms with E-state index >= 15 is 0 Å². The molecule has 4 heteroatoms. The van der Waals surface area contributed by atoms with Gasteiger partial charge in [0.15, 0.2) is 0 Å². The molecule has 0 radical (unpaired) electrons. The van der Waals surface area contributed by atoms with Gasteiger partial charge in [-0.15, -0.1) is 0 Å². The Bertz CT molecular complexity index is 388. The molecule has 2 unspecified atom stereocenters. The van der Waals surface area contributed by atoms with Crippen molar-refractivity contribution in [1.29, 1.82) is 0 Å². The molecular weight excluding hydrogens is 224 g/mol. The second kappa shape index (κ2) is 5.02. The van der Waals surface area contributed by atoms with Crippen molar-refractivity contribution in [3.8, 4) is 0 Å². The fourth-order valence-electron chi connectivity index (χ4n) is 3.48. The van der Waals surface area contributed by atoms with Crippen LogP contribution >= 0.6 is 0 Å². The Kier molecular flexibility index (Phi) is 3.39. The predicted octanol–water partition coefficient (Wildman–Crippen LogP) is 1.18. The van der Waals surface area contributed by atoms with Gasteiger partial charge in [-0.1, -0.05) is 0 Å². The number of hydrogen-bond donors (Lipinski definition) is 1. The highest BCUT2D eigenvalue weighted by Crippen LogP contribution is 2.29. The van der Waals surface area contributed by atoms with Crippen LogP contribution in [0, 0.1) is 0 Å². The highest BCUT2D eigenvalue weighted by Gasteiger charge is 2.34. The number of aryl methyl sites for hydroxylation is 1. The first-order valence-corrected chi connectivity index (χ1v) is 7.14. The van der Waals surface area contributed by atoms with E-state index in [2.05, 4.69) is 28.6 Å². The number of piperidine rings is 1. The first-order valence-electron chi connectivity index (χ1n) is 7.14. The van der Waals surface area contributed by atoms with E-state index < -0.39 is 0 Å². The summed E-state index contributed by atoms with van der Waals surface area (Å²) in [5.41, 5.74) is 1.35. The monoisotopic (exact) mass is 248 g/mol. The van der Waals surface area contributed by atoms with Gasteiger partial charge in [0.05, 0.1) is 6.20 Å². The van der Waals surface area contributed by atoms with Crippen LogP contribution in [0.25, 0.3) is 0 Å². The highest BCUT2D eigenvalue weighted by molar-refractivity contribution is 5.04. The lowest BCUT2D eigenvalue weighted by Crippen LogP contribution is -2.47. The van der Waals surface area contributed by atoms with E-state index in [1.54, 1.807) is 0 Å². The Morgan fingerprint density at radius 3 is 2.72 bits per heavy atom. The summed E-state index contributed by atoms with van der Waals surface area (Å²) >= 11 is 0. The van der Waals surface area contributed by atoms with Gasteiger partial charge < -0.3 is 10.2 Å². The zero-order valence-electron chi connectivity index (χ0n) is 11.5. The maximum absolute atomic E-state index is 4.23. The summed E-state index contributed by atoms with van der Waals surface area (Å²) in [6.45, 7) is 1.15. The Morgan fingerprint density at radius 2 is 2.11 bits per heavy atom. The maximum atomic E-state index is 4.23. The molecule has 0 saturated carbocycles. The van der Waals surface area contributed by atoms with E-state index in [0.29, 0.717) is 0 Å². The van der Waals surface area contributed by atoms with Crippen LogP contribution in [-0.4, -0.2) is 46.4 Å². The normalized spacial score (nSPS) is 31.2. The van der Waals surface area contributed by atoms with Gasteiger partial charge in [0.2, 0.25) is 0 Å². The second-order valence-corrected chi connectivity index (χ2v) is 6.02. The van der Waals surface area contributed by atoms with E-state index in [4.69, 9.17) is 0 Å². The Balaban J connectivity index is 1.50. The zero-order chi connectivity index (χ0) is 12.5. The topological polar surface area (TPSA) is 33.1 Å². The minimum absolute atomic E-state index is 0.778. The first kappa shape index (κ1) is 12.2. The Labute approximate surface area is 109 Å². The number of likely N-dealkylation sites (N-methyl/N-ethyl adjacent to an activating group) is 1. The number of rotatable bonds is 4.